The molecule has 1 aliphatic carbocycles. The first-order valence-corrected chi connectivity index (χ1v) is 7.67. The lowest BCUT2D eigenvalue weighted by Crippen LogP contribution is -2.50. The predicted molar refractivity (Wildman–Crippen MR) is 73.3 cm³/mol. The summed E-state index contributed by atoms with van der Waals surface area (Å²) in [7, 11) is 0. The van der Waals surface area contributed by atoms with Gasteiger partial charge in [-0.3, -0.25) is 0 Å². The molecule has 2 aliphatic rings. The molecule has 18 heavy (non-hydrogen) atoms. The number of nitrogens with two attached hydrogens (primary N) is 1. The Balaban J connectivity index is 2.04. The second-order valence-electron chi connectivity index (χ2n) is 6.36. The van der Waals surface area contributed by atoms with Gasteiger partial charge < -0.3 is 15.6 Å². The predicted octanol–water partition coefficient (Wildman–Crippen LogP) is 2.32. The molecule has 1 aliphatic heterocycles. The third kappa shape index (κ3) is 2.89. The van der Waals surface area contributed by atoms with Crippen LogP contribution in [0.2, 0.25) is 0 Å². The molecule has 0 aromatic heterocycles. The van der Waals surface area contributed by atoms with E-state index in [9.17, 15) is 5.11 Å². The van der Waals surface area contributed by atoms with Crippen LogP contribution >= 0.6 is 0 Å². The molecule has 4 atom stereocenters. The zero-order chi connectivity index (χ0) is 13.0. The molecular weight excluding hydrogens is 226 g/mol. The van der Waals surface area contributed by atoms with E-state index < -0.39 is 0 Å². The van der Waals surface area contributed by atoms with Crippen molar-refractivity contribution in [1.82, 2.24) is 0 Å². The van der Waals surface area contributed by atoms with Crippen LogP contribution in [0.3, 0.4) is 0 Å². The minimum absolute atomic E-state index is 0.0374. The third-order valence-corrected chi connectivity index (χ3v) is 5.24. The van der Waals surface area contributed by atoms with E-state index in [2.05, 4.69) is 6.92 Å². The maximum Gasteiger partial charge on any atom is 0.0658 e. The number of rotatable bonds is 4. The van der Waals surface area contributed by atoms with Crippen molar-refractivity contribution in [2.75, 3.05) is 19.8 Å². The summed E-state index contributed by atoms with van der Waals surface area (Å²) in [6.07, 6.45) is 7.87. The van der Waals surface area contributed by atoms with Crippen molar-refractivity contribution in [2.24, 2.45) is 23.0 Å². The van der Waals surface area contributed by atoms with E-state index in [0.717, 1.165) is 44.8 Å². The lowest BCUT2D eigenvalue weighted by Gasteiger charge is -2.46. The molecule has 2 fully saturated rings. The van der Waals surface area contributed by atoms with Gasteiger partial charge in [0.2, 0.25) is 0 Å². The zero-order valence-corrected chi connectivity index (χ0v) is 11.7. The molecule has 0 aromatic carbocycles. The first-order chi connectivity index (χ1) is 8.72. The first kappa shape index (κ1) is 14.3. The van der Waals surface area contributed by atoms with E-state index >= 15 is 0 Å². The molecule has 2 rings (SSSR count). The van der Waals surface area contributed by atoms with Gasteiger partial charge in [-0.15, -0.1) is 0 Å². The Bertz CT molecular complexity index is 253. The Morgan fingerprint density at radius 2 is 2.22 bits per heavy atom. The van der Waals surface area contributed by atoms with Gasteiger partial charge in [-0.05, 0) is 31.6 Å². The van der Waals surface area contributed by atoms with Crippen molar-refractivity contribution in [3.63, 3.8) is 0 Å². The fourth-order valence-electron chi connectivity index (χ4n) is 3.96. The molecule has 1 saturated heterocycles. The van der Waals surface area contributed by atoms with Gasteiger partial charge in [0, 0.05) is 24.5 Å². The van der Waals surface area contributed by atoms with E-state index in [1.807, 2.05) is 0 Å². The van der Waals surface area contributed by atoms with Gasteiger partial charge in [0.1, 0.15) is 0 Å². The van der Waals surface area contributed by atoms with Crippen LogP contribution in [0.25, 0.3) is 0 Å². The largest absolute Gasteiger partial charge is 0.392 e. The van der Waals surface area contributed by atoms with Crippen molar-refractivity contribution >= 4 is 0 Å². The Kier molecular flexibility index (Phi) is 5.05. The minimum atomic E-state index is -0.267. The van der Waals surface area contributed by atoms with Crippen molar-refractivity contribution in [2.45, 2.75) is 58.0 Å². The van der Waals surface area contributed by atoms with Crippen LogP contribution < -0.4 is 5.73 Å². The van der Waals surface area contributed by atoms with Crippen LogP contribution in [0.4, 0.5) is 0 Å². The topological polar surface area (TPSA) is 55.5 Å². The van der Waals surface area contributed by atoms with Gasteiger partial charge >= 0.3 is 0 Å². The van der Waals surface area contributed by atoms with Crippen LogP contribution in [-0.4, -0.2) is 31.0 Å². The fourth-order valence-corrected chi connectivity index (χ4v) is 3.96. The molecular formula is C15H29NO2. The van der Waals surface area contributed by atoms with Crippen molar-refractivity contribution < 1.29 is 9.84 Å². The third-order valence-electron chi connectivity index (χ3n) is 5.24. The molecule has 1 saturated carbocycles. The molecule has 3 nitrogen and oxygen atoms in total. The molecule has 4 unspecified atom stereocenters. The number of aliphatic hydroxyl groups is 1. The highest BCUT2D eigenvalue weighted by Gasteiger charge is 2.44. The zero-order valence-electron chi connectivity index (χ0n) is 11.7. The summed E-state index contributed by atoms with van der Waals surface area (Å²) < 4.78 is 5.54. The molecule has 0 spiro atoms. The Hall–Kier alpha value is -0.120. The summed E-state index contributed by atoms with van der Waals surface area (Å²) in [5.74, 6) is 1.05. The van der Waals surface area contributed by atoms with Crippen LogP contribution in [0, 0.1) is 17.3 Å². The van der Waals surface area contributed by atoms with Gasteiger partial charge in [0.05, 0.1) is 12.7 Å². The molecule has 0 amide bonds. The Morgan fingerprint density at radius 3 is 2.83 bits per heavy atom. The second kappa shape index (κ2) is 6.36. The second-order valence-corrected chi connectivity index (χ2v) is 6.36. The average Bonchev–Trinajstić information content (AvgIpc) is 2.47. The summed E-state index contributed by atoms with van der Waals surface area (Å²) in [5.41, 5.74) is 6.02. The van der Waals surface area contributed by atoms with Crippen LogP contribution in [0.5, 0.6) is 0 Å². The van der Waals surface area contributed by atoms with E-state index in [1.54, 1.807) is 0 Å². The molecule has 1 heterocycles. The Labute approximate surface area is 111 Å². The van der Waals surface area contributed by atoms with E-state index in [-0.39, 0.29) is 11.5 Å². The van der Waals surface area contributed by atoms with Crippen molar-refractivity contribution in [3.8, 4) is 0 Å². The smallest absolute Gasteiger partial charge is 0.0658 e. The van der Waals surface area contributed by atoms with Gasteiger partial charge in [-0.1, -0.05) is 26.2 Å². The SMILES string of the molecule is CCC1CCCC(CN)(C(O)C2CCCOC2)C1. The maximum atomic E-state index is 10.8. The van der Waals surface area contributed by atoms with E-state index in [4.69, 9.17) is 10.5 Å². The highest BCUT2D eigenvalue weighted by Crippen LogP contribution is 2.45. The van der Waals surface area contributed by atoms with E-state index in [0.29, 0.717) is 12.5 Å². The summed E-state index contributed by atoms with van der Waals surface area (Å²) in [6, 6.07) is 0. The van der Waals surface area contributed by atoms with Crippen molar-refractivity contribution in [1.29, 1.82) is 0 Å². The van der Waals surface area contributed by atoms with Gasteiger partial charge in [0.25, 0.3) is 0 Å². The minimum Gasteiger partial charge on any atom is -0.392 e. The average molecular weight is 255 g/mol. The molecule has 0 bridgehead atoms. The van der Waals surface area contributed by atoms with Gasteiger partial charge in [0.15, 0.2) is 0 Å². The number of hydrogen-bond acceptors (Lipinski definition) is 3. The lowest BCUT2D eigenvalue weighted by atomic mass is 9.63. The summed E-state index contributed by atoms with van der Waals surface area (Å²) in [4.78, 5) is 0. The fraction of sp³-hybridized carbons (Fsp3) is 1.00. The number of ether oxygens (including phenoxy) is 1. The summed E-state index contributed by atoms with van der Waals surface area (Å²) >= 11 is 0. The molecule has 0 radical (unpaired) electrons. The van der Waals surface area contributed by atoms with Crippen LogP contribution in [0.15, 0.2) is 0 Å². The van der Waals surface area contributed by atoms with Crippen LogP contribution in [-0.2, 0) is 4.74 Å². The lowest BCUT2D eigenvalue weighted by molar-refractivity contribution is -0.0881. The number of aliphatic hydroxyl groups excluding tert-OH is 1. The molecule has 106 valence electrons. The molecule has 3 N–H and O–H groups in total. The van der Waals surface area contributed by atoms with Crippen molar-refractivity contribution in [3.05, 3.63) is 0 Å². The van der Waals surface area contributed by atoms with E-state index in [1.165, 1.54) is 19.3 Å². The number of hydrogen-bond donors (Lipinski definition) is 2. The first-order valence-electron chi connectivity index (χ1n) is 7.67. The van der Waals surface area contributed by atoms with Gasteiger partial charge in [-0.25, -0.2) is 0 Å². The monoisotopic (exact) mass is 255 g/mol. The Morgan fingerprint density at radius 1 is 1.39 bits per heavy atom. The highest BCUT2D eigenvalue weighted by molar-refractivity contribution is 4.95. The maximum absolute atomic E-state index is 10.8. The normalized spacial score (nSPS) is 39.5. The van der Waals surface area contributed by atoms with Crippen LogP contribution in [0.1, 0.15) is 51.9 Å². The van der Waals surface area contributed by atoms with Gasteiger partial charge in [-0.2, -0.15) is 0 Å². The molecule has 0 aromatic rings. The quantitative estimate of drug-likeness (QED) is 0.810. The summed E-state index contributed by atoms with van der Waals surface area (Å²) in [5, 5.41) is 10.8. The summed E-state index contributed by atoms with van der Waals surface area (Å²) in [6.45, 7) is 4.46. The molecule has 3 heteroatoms. The highest BCUT2D eigenvalue weighted by atomic mass is 16.5. The standard InChI is InChI=1S/C15H29NO2/c1-2-12-5-3-7-15(9-12,11-16)14(17)13-6-4-8-18-10-13/h12-14,17H,2-11,16H2,1H3.